The summed E-state index contributed by atoms with van der Waals surface area (Å²) in [5, 5.41) is 2.37. The number of nitrogens with zero attached hydrogens (tertiary/aromatic N) is 1. The van der Waals surface area contributed by atoms with Crippen LogP contribution < -0.4 is 15.6 Å². The van der Waals surface area contributed by atoms with Gasteiger partial charge in [-0.15, -0.1) is 0 Å². The van der Waals surface area contributed by atoms with Gasteiger partial charge in [0.25, 0.3) is 5.56 Å². The second kappa shape index (κ2) is 6.21. The first-order valence-electron chi connectivity index (χ1n) is 7.20. The van der Waals surface area contributed by atoms with Crippen LogP contribution in [0.2, 0.25) is 0 Å². The summed E-state index contributed by atoms with van der Waals surface area (Å²) in [6.07, 6.45) is 2.61. The molecule has 0 amide bonds. The van der Waals surface area contributed by atoms with E-state index in [1.165, 1.54) is 36.0 Å². The molecule has 6 nitrogen and oxygen atoms in total. The van der Waals surface area contributed by atoms with Gasteiger partial charge in [-0.3, -0.25) is 9.52 Å². The average Bonchev–Trinajstić information content (AvgIpc) is 3.32. The van der Waals surface area contributed by atoms with E-state index in [0.717, 1.165) is 0 Å². The predicted octanol–water partition coefficient (Wildman–Crippen LogP) is 2.93. The van der Waals surface area contributed by atoms with E-state index < -0.39 is 21.1 Å². The second-order valence-electron chi connectivity index (χ2n) is 5.65. The number of nitrogens with one attached hydrogen (secondary N) is 2. The zero-order chi connectivity index (χ0) is 17.5. The van der Waals surface area contributed by atoms with Crippen LogP contribution in [0.3, 0.4) is 0 Å². The Morgan fingerprint density at radius 2 is 1.92 bits per heavy atom. The highest BCUT2D eigenvalue weighted by molar-refractivity contribution is 9.10. The monoisotopic (exact) mass is 415 g/mol. The highest BCUT2D eigenvalue weighted by atomic mass is 79.9. The summed E-state index contributed by atoms with van der Waals surface area (Å²) >= 11 is 3.17. The van der Waals surface area contributed by atoms with Crippen molar-refractivity contribution in [1.29, 1.82) is 0 Å². The molecule has 1 fully saturated rings. The fourth-order valence-corrected chi connectivity index (χ4v) is 3.89. The molecule has 9 heteroatoms. The Morgan fingerprint density at radius 3 is 2.54 bits per heavy atom. The van der Waals surface area contributed by atoms with Crippen molar-refractivity contribution in [2.75, 3.05) is 10.0 Å². The Kier molecular flexibility index (Phi) is 4.39. The molecule has 1 aliphatic rings. The third kappa shape index (κ3) is 3.62. The van der Waals surface area contributed by atoms with Gasteiger partial charge in [-0.25, -0.2) is 12.8 Å². The summed E-state index contributed by atoms with van der Waals surface area (Å²) in [4.78, 5) is 11.9. The molecular weight excluding hydrogens is 401 g/mol. The lowest BCUT2D eigenvalue weighted by Gasteiger charge is -2.15. The standard InChI is InChI=1S/C15H15BrFN3O3S/c1-20-8-14(19-24(22,23)10-3-4-10)13(7-15(20)21)18-12-5-2-9(16)6-11(12)17/h2,5-8,10,18-19H,3-4H2,1H3. The molecule has 0 radical (unpaired) electrons. The van der Waals surface area contributed by atoms with Gasteiger partial charge in [-0.05, 0) is 31.0 Å². The summed E-state index contributed by atoms with van der Waals surface area (Å²) in [7, 11) is -1.99. The zero-order valence-corrected chi connectivity index (χ0v) is 15.1. The topological polar surface area (TPSA) is 80.2 Å². The average molecular weight is 416 g/mol. The molecule has 1 heterocycles. The number of aromatic nitrogens is 1. The number of sulfonamides is 1. The van der Waals surface area contributed by atoms with Gasteiger partial charge in [0.05, 0.1) is 22.3 Å². The molecular formula is C15H15BrFN3O3S. The summed E-state index contributed by atoms with van der Waals surface area (Å²) in [6, 6.07) is 5.64. The minimum Gasteiger partial charge on any atom is -0.351 e. The lowest BCUT2D eigenvalue weighted by atomic mass is 10.2. The minimum atomic E-state index is -3.51. The lowest BCUT2D eigenvalue weighted by molar-refractivity contribution is 0.600. The van der Waals surface area contributed by atoms with Gasteiger partial charge in [0, 0.05) is 23.8 Å². The maximum absolute atomic E-state index is 14.0. The maximum atomic E-state index is 14.0. The molecule has 24 heavy (non-hydrogen) atoms. The predicted molar refractivity (Wildman–Crippen MR) is 94.6 cm³/mol. The largest absolute Gasteiger partial charge is 0.351 e. The van der Waals surface area contributed by atoms with Crippen LogP contribution in [0.25, 0.3) is 0 Å². The fraction of sp³-hybridized carbons (Fsp3) is 0.267. The molecule has 0 aliphatic heterocycles. The molecule has 0 unspecified atom stereocenters. The third-order valence-electron chi connectivity index (χ3n) is 3.64. The molecule has 2 aromatic rings. The SMILES string of the molecule is Cn1cc(NS(=O)(=O)C2CC2)c(Nc2ccc(Br)cc2F)cc1=O. The number of benzene rings is 1. The third-order valence-corrected chi connectivity index (χ3v) is 5.99. The molecule has 0 spiro atoms. The molecule has 0 bridgehead atoms. The van der Waals surface area contributed by atoms with Crippen LogP contribution in [0.1, 0.15) is 12.8 Å². The lowest BCUT2D eigenvalue weighted by Crippen LogP contribution is -2.22. The van der Waals surface area contributed by atoms with Crippen LogP contribution in [0.5, 0.6) is 0 Å². The molecule has 1 aromatic carbocycles. The minimum absolute atomic E-state index is 0.137. The highest BCUT2D eigenvalue weighted by Crippen LogP contribution is 2.32. The molecule has 0 saturated heterocycles. The van der Waals surface area contributed by atoms with Gasteiger partial charge < -0.3 is 9.88 Å². The molecule has 1 saturated carbocycles. The van der Waals surface area contributed by atoms with Crippen molar-refractivity contribution in [3.05, 3.63) is 51.1 Å². The smallest absolute Gasteiger partial charge is 0.252 e. The normalized spacial score (nSPS) is 14.5. The number of hydrogen-bond acceptors (Lipinski definition) is 4. The Bertz CT molecular complexity index is 955. The van der Waals surface area contributed by atoms with Crippen LogP contribution in [0.4, 0.5) is 21.5 Å². The number of pyridine rings is 1. The van der Waals surface area contributed by atoms with Crippen molar-refractivity contribution in [1.82, 2.24) is 4.57 Å². The summed E-state index contributed by atoms with van der Waals surface area (Å²) in [5.74, 6) is -0.527. The number of hydrogen-bond donors (Lipinski definition) is 2. The number of halogens is 2. The van der Waals surface area contributed by atoms with Crippen molar-refractivity contribution in [2.24, 2.45) is 7.05 Å². The van der Waals surface area contributed by atoms with Gasteiger partial charge >= 0.3 is 0 Å². The van der Waals surface area contributed by atoms with E-state index in [9.17, 15) is 17.6 Å². The number of aryl methyl sites for hydroxylation is 1. The van der Waals surface area contributed by atoms with Crippen molar-refractivity contribution < 1.29 is 12.8 Å². The number of rotatable bonds is 5. The second-order valence-corrected chi connectivity index (χ2v) is 8.52. The van der Waals surface area contributed by atoms with Gasteiger partial charge in [-0.1, -0.05) is 15.9 Å². The number of anilines is 3. The van der Waals surface area contributed by atoms with E-state index >= 15 is 0 Å². The summed E-state index contributed by atoms with van der Waals surface area (Å²) in [6.45, 7) is 0. The molecule has 128 valence electrons. The summed E-state index contributed by atoms with van der Waals surface area (Å²) < 4.78 is 42.7. The van der Waals surface area contributed by atoms with Gasteiger partial charge in [0.2, 0.25) is 10.0 Å². The van der Waals surface area contributed by atoms with Crippen LogP contribution >= 0.6 is 15.9 Å². The Labute approximate surface area is 146 Å². The van der Waals surface area contributed by atoms with E-state index in [0.29, 0.717) is 17.3 Å². The van der Waals surface area contributed by atoms with E-state index in [2.05, 4.69) is 26.0 Å². The Balaban J connectivity index is 1.99. The van der Waals surface area contributed by atoms with Crippen molar-refractivity contribution in [3.63, 3.8) is 0 Å². The van der Waals surface area contributed by atoms with E-state index in [1.54, 1.807) is 6.07 Å². The maximum Gasteiger partial charge on any atom is 0.252 e. The fourth-order valence-electron chi connectivity index (χ4n) is 2.17. The highest BCUT2D eigenvalue weighted by Gasteiger charge is 2.36. The van der Waals surface area contributed by atoms with Crippen molar-refractivity contribution in [3.8, 4) is 0 Å². The Hall–Kier alpha value is -1.87. The van der Waals surface area contributed by atoms with E-state index in [-0.39, 0.29) is 22.6 Å². The zero-order valence-electron chi connectivity index (χ0n) is 12.7. The van der Waals surface area contributed by atoms with Gasteiger partial charge in [0.15, 0.2) is 0 Å². The Morgan fingerprint density at radius 1 is 1.21 bits per heavy atom. The van der Waals surface area contributed by atoms with Crippen molar-refractivity contribution >= 4 is 43.0 Å². The van der Waals surface area contributed by atoms with Crippen LogP contribution in [-0.4, -0.2) is 18.2 Å². The molecule has 0 atom stereocenters. The van der Waals surface area contributed by atoms with Crippen molar-refractivity contribution in [2.45, 2.75) is 18.1 Å². The molecule has 3 rings (SSSR count). The summed E-state index contributed by atoms with van der Waals surface area (Å²) in [5.41, 5.74) is 0.192. The molecule has 1 aliphatic carbocycles. The van der Waals surface area contributed by atoms with E-state index in [1.807, 2.05) is 0 Å². The van der Waals surface area contributed by atoms with Crippen LogP contribution in [-0.2, 0) is 17.1 Å². The molecule has 2 N–H and O–H groups in total. The van der Waals surface area contributed by atoms with Crippen LogP contribution in [0, 0.1) is 5.82 Å². The van der Waals surface area contributed by atoms with Crippen LogP contribution in [0.15, 0.2) is 39.7 Å². The quantitative estimate of drug-likeness (QED) is 0.786. The first-order chi connectivity index (χ1) is 11.3. The molecule has 1 aromatic heterocycles. The van der Waals surface area contributed by atoms with E-state index in [4.69, 9.17) is 0 Å². The first kappa shape index (κ1) is 17.0. The first-order valence-corrected chi connectivity index (χ1v) is 9.54. The van der Waals surface area contributed by atoms with Gasteiger partial charge in [0.1, 0.15) is 5.82 Å². The van der Waals surface area contributed by atoms with Gasteiger partial charge in [-0.2, -0.15) is 0 Å².